The van der Waals surface area contributed by atoms with E-state index in [1.54, 1.807) is 6.92 Å². The van der Waals surface area contributed by atoms with Gasteiger partial charge in [0.05, 0.1) is 11.9 Å². The van der Waals surface area contributed by atoms with Crippen LogP contribution in [0.5, 0.6) is 0 Å². The molecule has 7 nitrogen and oxygen atoms in total. The summed E-state index contributed by atoms with van der Waals surface area (Å²) in [5.41, 5.74) is 0.371. The second kappa shape index (κ2) is 5.49. The Kier molecular flexibility index (Phi) is 4.47. The van der Waals surface area contributed by atoms with Gasteiger partial charge in [0, 0.05) is 0 Å². The van der Waals surface area contributed by atoms with E-state index < -0.39 is 22.0 Å². The summed E-state index contributed by atoms with van der Waals surface area (Å²) >= 11 is 0. The minimum absolute atomic E-state index is 0.0301. The van der Waals surface area contributed by atoms with Crippen molar-refractivity contribution in [2.24, 2.45) is 5.92 Å². The van der Waals surface area contributed by atoms with Crippen LogP contribution in [-0.4, -0.2) is 35.7 Å². The van der Waals surface area contributed by atoms with Crippen molar-refractivity contribution in [1.29, 1.82) is 0 Å². The molecule has 1 aromatic rings. The summed E-state index contributed by atoms with van der Waals surface area (Å²) in [6, 6.07) is -1.13. The molecule has 0 aliphatic carbocycles. The molecule has 8 heteroatoms. The van der Waals surface area contributed by atoms with Gasteiger partial charge in [-0.1, -0.05) is 13.8 Å². The van der Waals surface area contributed by atoms with E-state index in [1.807, 2.05) is 13.8 Å². The second-order valence-electron chi connectivity index (χ2n) is 4.50. The van der Waals surface area contributed by atoms with Gasteiger partial charge in [-0.15, -0.1) is 0 Å². The molecule has 0 saturated heterocycles. The third kappa shape index (κ3) is 3.54. The van der Waals surface area contributed by atoms with E-state index in [9.17, 15) is 13.2 Å². The van der Waals surface area contributed by atoms with Gasteiger partial charge in [-0.25, -0.2) is 8.42 Å². The highest BCUT2D eigenvalue weighted by atomic mass is 32.2. The molecule has 1 rings (SSSR count). The van der Waals surface area contributed by atoms with Crippen LogP contribution in [0.25, 0.3) is 0 Å². The molecule has 102 valence electrons. The van der Waals surface area contributed by atoms with Crippen LogP contribution in [0, 0.1) is 12.8 Å². The Morgan fingerprint density at radius 1 is 1.56 bits per heavy atom. The maximum atomic E-state index is 12.0. The predicted octanol–water partition coefficient (Wildman–Crippen LogP) is 0.496. The number of nitrogens with zero attached hydrogens (tertiary/aromatic N) is 1. The lowest BCUT2D eigenvalue weighted by Gasteiger charge is -2.16. The van der Waals surface area contributed by atoms with Crippen molar-refractivity contribution >= 4 is 16.0 Å². The first-order chi connectivity index (χ1) is 8.24. The summed E-state index contributed by atoms with van der Waals surface area (Å²) in [4.78, 5) is 11.0. The van der Waals surface area contributed by atoms with E-state index >= 15 is 0 Å². The molecular weight excluding hydrogens is 258 g/mol. The molecule has 0 radical (unpaired) electrons. The number of hydrogen-bond donors (Lipinski definition) is 3. The molecule has 1 heterocycles. The fourth-order valence-electron chi connectivity index (χ4n) is 1.53. The first-order valence-corrected chi connectivity index (χ1v) is 6.97. The van der Waals surface area contributed by atoms with Crippen molar-refractivity contribution in [3.05, 3.63) is 11.9 Å². The fourth-order valence-corrected chi connectivity index (χ4v) is 2.87. The third-order valence-electron chi connectivity index (χ3n) is 2.38. The number of aryl methyl sites for hydroxylation is 1. The van der Waals surface area contributed by atoms with Gasteiger partial charge < -0.3 is 5.11 Å². The fraction of sp³-hybridized carbons (Fsp3) is 0.600. The van der Waals surface area contributed by atoms with Crippen LogP contribution in [0.2, 0.25) is 0 Å². The molecular formula is C10H17N3O4S. The topological polar surface area (TPSA) is 112 Å². The van der Waals surface area contributed by atoms with Crippen LogP contribution in [0.15, 0.2) is 11.1 Å². The number of carboxylic acid groups (broad SMARTS) is 1. The van der Waals surface area contributed by atoms with Gasteiger partial charge in [0.1, 0.15) is 10.9 Å². The van der Waals surface area contributed by atoms with Gasteiger partial charge >= 0.3 is 5.97 Å². The summed E-state index contributed by atoms with van der Waals surface area (Å²) in [6.45, 7) is 5.21. The Morgan fingerprint density at radius 3 is 2.56 bits per heavy atom. The Morgan fingerprint density at radius 2 is 2.17 bits per heavy atom. The molecule has 0 aliphatic rings. The molecule has 1 unspecified atom stereocenters. The molecule has 0 saturated carbocycles. The van der Waals surface area contributed by atoms with Gasteiger partial charge in [-0.3, -0.25) is 9.89 Å². The minimum Gasteiger partial charge on any atom is -0.480 e. The Hall–Kier alpha value is -1.41. The third-order valence-corrected chi connectivity index (χ3v) is 3.96. The van der Waals surface area contributed by atoms with Crippen molar-refractivity contribution in [2.75, 3.05) is 0 Å². The van der Waals surface area contributed by atoms with E-state index in [-0.39, 0.29) is 17.2 Å². The van der Waals surface area contributed by atoms with Crippen LogP contribution < -0.4 is 4.72 Å². The smallest absolute Gasteiger partial charge is 0.321 e. The van der Waals surface area contributed by atoms with Crippen molar-refractivity contribution in [3.63, 3.8) is 0 Å². The highest BCUT2D eigenvalue weighted by Crippen LogP contribution is 2.14. The quantitative estimate of drug-likeness (QED) is 0.699. The monoisotopic (exact) mass is 275 g/mol. The van der Waals surface area contributed by atoms with E-state index in [4.69, 9.17) is 5.11 Å². The zero-order valence-corrected chi connectivity index (χ0v) is 11.3. The SMILES string of the molecule is Cc1[nH]ncc1S(=O)(=O)NC(CC(C)C)C(=O)O. The number of aliphatic carboxylic acids is 1. The lowest BCUT2D eigenvalue weighted by molar-refractivity contribution is -0.139. The van der Waals surface area contributed by atoms with Gasteiger partial charge in [0.2, 0.25) is 10.0 Å². The van der Waals surface area contributed by atoms with E-state index in [2.05, 4.69) is 14.9 Å². The summed E-state index contributed by atoms with van der Waals surface area (Å²) in [7, 11) is -3.86. The van der Waals surface area contributed by atoms with Crippen molar-refractivity contribution in [2.45, 2.75) is 38.1 Å². The predicted molar refractivity (Wildman–Crippen MR) is 64.5 cm³/mol. The maximum absolute atomic E-state index is 12.0. The van der Waals surface area contributed by atoms with Crippen LogP contribution in [0.1, 0.15) is 26.0 Å². The number of hydrogen-bond acceptors (Lipinski definition) is 4. The van der Waals surface area contributed by atoms with Crippen LogP contribution in [0.3, 0.4) is 0 Å². The molecule has 0 bridgehead atoms. The minimum atomic E-state index is -3.86. The zero-order valence-electron chi connectivity index (χ0n) is 10.5. The lowest BCUT2D eigenvalue weighted by atomic mass is 10.1. The number of rotatable bonds is 6. The maximum Gasteiger partial charge on any atom is 0.321 e. The summed E-state index contributed by atoms with van der Waals surface area (Å²) in [6.07, 6.45) is 1.39. The van der Waals surface area contributed by atoms with Gasteiger partial charge in [0.15, 0.2) is 0 Å². The zero-order chi connectivity index (χ0) is 13.9. The molecule has 18 heavy (non-hydrogen) atoms. The van der Waals surface area contributed by atoms with Gasteiger partial charge in [0.25, 0.3) is 0 Å². The molecule has 3 N–H and O–H groups in total. The first kappa shape index (κ1) is 14.7. The van der Waals surface area contributed by atoms with Crippen molar-refractivity contribution in [1.82, 2.24) is 14.9 Å². The number of sulfonamides is 1. The Balaban J connectivity index is 2.94. The molecule has 0 spiro atoms. The van der Waals surface area contributed by atoms with Crippen LogP contribution >= 0.6 is 0 Å². The average Bonchev–Trinajstić information content (AvgIpc) is 2.62. The van der Waals surface area contributed by atoms with Crippen LogP contribution in [0.4, 0.5) is 0 Å². The number of aromatic amines is 1. The number of nitrogens with one attached hydrogen (secondary N) is 2. The highest BCUT2D eigenvalue weighted by molar-refractivity contribution is 7.89. The van der Waals surface area contributed by atoms with Crippen molar-refractivity contribution < 1.29 is 18.3 Å². The molecule has 1 aromatic heterocycles. The first-order valence-electron chi connectivity index (χ1n) is 5.49. The summed E-state index contributed by atoms with van der Waals surface area (Å²) in [5, 5.41) is 15.1. The number of aromatic nitrogens is 2. The molecule has 0 aromatic carbocycles. The standard InChI is InChI=1S/C10H17N3O4S/c1-6(2)4-8(10(14)15)13-18(16,17)9-5-11-12-7(9)3/h5-6,8,13H,4H2,1-3H3,(H,11,12)(H,14,15). The van der Waals surface area contributed by atoms with E-state index in [0.29, 0.717) is 5.69 Å². The van der Waals surface area contributed by atoms with Crippen LogP contribution in [-0.2, 0) is 14.8 Å². The Bertz CT molecular complexity index is 521. The average molecular weight is 275 g/mol. The summed E-state index contributed by atoms with van der Waals surface area (Å²) in [5.74, 6) is -1.12. The second-order valence-corrected chi connectivity index (χ2v) is 6.18. The Labute approximate surface area is 106 Å². The summed E-state index contributed by atoms with van der Waals surface area (Å²) < 4.78 is 26.1. The van der Waals surface area contributed by atoms with Gasteiger partial charge in [-0.05, 0) is 19.3 Å². The molecule has 0 aliphatic heterocycles. The number of carbonyl (C=O) groups is 1. The number of carboxylic acids is 1. The molecule has 0 fully saturated rings. The molecule has 0 amide bonds. The normalized spacial score (nSPS) is 13.8. The van der Waals surface area contributed by atoms with Gasteiger partial charge in [-0.2, -0.15) is 9.82 Å². The van der Waals surface area contributed by atoms with E-state index in [1.165, 1.54) is 0 Å². The lowest BCUT2D eigenvalue weighted by Crippen LogP contribution is -2.41. The number of H-pyrrole nitrogens is 1. The molecule has 1 atom stereocenters. The van der Waals surface area contributed by atoms with E-state index in [0.717, 1.165) is 6.20 Å². The largest absolute Gasteiger partial charge is 0.480 e. The highest BCUT2D eigenvalue weighted by Gasteiger charge is 2.27. The van der Waals surface area contributed by atoms with Crippen molar-refractivity contribution in [3.8, 4) is 0 Å².